The number of esters is 2. The Kier molecular flexibility index (Phi) is 4.63. The summed E-state index contributed by atoms with van der Waals surface area (Å²) in [5, 5.41) is 0.665. The van der Waals surface area contributed by atoms with Crippen LogP contribution in [0.2, 0.25) is 0 Å². The van der Waals surface area contributed by atoms with Crippen LogP contribution in [0.1, 0.15) is 15.2 Å². The van der Waals surface area contributed by atoms with Crippen LogP contribution in [0.15, 0.2) is 9.95 Å². The maximum absolute atomic E-state index is 12.2. The first-order chi connectivity index (χ1) is 10.0. The quantitative estimate of drug-likeness (QED) is 0.511. The zero-order valence-corrected chi connectivity index (χ0v) is 13.1. The molecule has 0 unspecified atom stereocenters. The molecule has 0 fully saturated rings. The van der Waals surface area contributed by atoms with E-state index < -0.39 is 17.5 Å². The van der Waals surface area contributed by atoms with Gasteiger partial charge in [0, 0.05) is 5.56 Å². The topological polar surface area (TPSA) is 98.3 Å². The highest BCUT2D eigenvalue weighted by Gasteiger charge is 2.24. The smallest absolute Gasteiger partial charge is 0.348 e. The Morgan fingerprint density at radius 3 is 2.62 bits per heavy atom. The first-order valence-corrected chi connectivity index (χ1v) is 7.80. The average molecular weight is 328 g/mol. The Labute approximate surface area is 127 Å². The number of rotatable bonds is 4. The molecule has 0 aliphatic rings. The maximum Gasteiger partial charge on any atom is 0.348 e. The molecular weight excluding hydrogens is 316 g/mol. The average Bonchev–Trinajstić information content (AvgIpc) is 2.85. The van der Waals surface area contributed by atoms with Gasteiger partial charge in [0.05, 0.1) is 26.0 Å². The zero-order chi connectivity index (χ0) is 15.6. The number of H-pyrrole nitrogens is 1. The second-order valence-electron chi connectivity index (χ2n) is 3.91. The van der Waals surface area contributed by atoms with Crippen molar-refractivity contribution < 1.29 is 19.1 Å². The van der Waals surface area contributed by atoms with Gasteiger partial charge in [0.15, 0.2) is 5.16 Å². The Balaban J connectivity index is 2.73. The lowest BCUT2D eigenvalue weighted by molar-refractivity contribution is -0.139. The molecule has 0 saturated carbocycles. The van der Waals surface area contributed by atoms with E-state index in [4.69, 9.17) is 4.74 Å². The summed E-state index contributed by atoms with van der Waals surface area (Å²) in [5.41, 5.74) is -0.107. The lowest BCUT2D eigenvalue weighted by Crippen LogP contribution is -2.14. The summed E-state index contributed by atoms with van der Waals surface area (Å²) < 4.78 is 9.29. The van der Waals surface area contributed by atoms with Gasteiger partial charge in [-0.25, -0.2) is 9.78 Å². The van der Waals surface area contributed by atoms with Crippen molar-refractivity contribution in [3.05, 3.63) is 20.8 Å². The minimum absolute atomic E-state index is 0.189. The molecule has 2 rings (SSSR count). The summed E-state index contributed by atoms with van der Waals surface area (Å²) >= 11 is 2.30. The molecule has 2 aromatic rings. The van der Waals surface area contributed by atoms with Crippen LogP contribution >= 0.6 is 23.1 Å². The van der Waals surface area contributed by atoms with E-state index in [1.165, 1.54) is 26.0 Å². The number of methoxy groups -OCH3 is 2. The fourth-order valence-electron chi connectivity index (χ4n) is 1.78. The third-order valence-corrected chi connectivity index (χ3v) is 4.44. The van der Waals surface area contributed by atoms with E-state index in [9.17, 15) is 14.4 Å². The predicted octanol–water partition coefficient (Wildman–Crippen LogP) is 1.21. The number of nitrogens with one attached hydrogen (secondary N) is 1. The number of fused-ring (bicyclic) bond motifs is 1. The van der Waals surface area contributed by atoms with Crippen LogP contribution in [-0.2, 0) is 20.7 Å². The van der Waals surface area contributed by atoms with Crippen LogP contribution in [0.4, 0.5) is 0 Å². The third-order valence-electron chi connectivity index (χ3n) is 2.75. The third kappa shape index (κ3) is 2.93. The van der Waals surface area contributed by atoms with E-state index in [0.29, 0.717) is 9.99 Å². The predicted molar refractivity (Wildman–Crippen MR) is 79.1 cm³/mol. The first-order valence-electron chi connectivity index (χ1n) is 5.76. The van der Waals surface area contributed by atoms with Crippen LogP contribution < -0.4 is 5.56 Å². The largest absolute Gasteiger partial charge is 0.469 e. The highest BCUT2D eigenvalue weighted by Crippen LogP contribution is 2.29. The Morgan fingerprint density at radius 1 is 1.33 bits per heavy atom. The van der Waals surface area contributed by atoms with Crippen molar-refractivity contribution in [1.82, 2.24) is 9.97 Å². The van der Waals surface area contributed by atoms with Gasteiger partial charge in [-0.2, -0.15) is 0 Å². The monoisotopic (exact) mass is 328 g/mol. The van der Waals surface area contributed by atoms with Crippen LogP contribution in [0.5, 0.6) is 0 Å². The summed E-state index contributed by atoms with van der Waals surface area (Å²) in [7, 11) is 2.47. The number of hydrogen-bond acceptors (Lipinski definition) is 8. The van der Waals surface area contributed by atoms with Crippen LogP contribution in [0.3, 0.4) is 0 Å². The lowest BCUT2D eigenvalue weighted by Gasteiger charge is -2.02. The molecular formula is C12H12N2O5S2. The lowest BCUT2D eigenvalue weighted by atomic mass is 10.1. The summed E-state index contributed by atoms with van der Waals surface area (Å²) in [5.74, 6) is -1.16. The van der Waals surface area contributed by atoms with Crippen LogP contribution in [0.25, 0.3) is 10.2 Å². The number of nitrogens with zero attached hydrogens (tertiary/aromatic N) is 1. The van der Waals surface area contributed by atoms with Crippen molar-refractivity contribution in [2.75, 3.05) is 20.5 Å². The number of carbonyl (C=O) groups excluding carboxylic acids is 2. The maximum atomic E-state index is 12.2. The second-order valence-corrected chi connectivity index (χ2v) is 5.70. The van der Waals surface area contributed by atoms with Crippen molar-refractivity contribution in [2.24, 2.45) is 0 Å². The summed E-state index contributed by atoms with van der Waals surface area (Å²) in [6.45, 7) is 0. The highest BCUT2D eigenvalue weighted by atomic mass is 32.2. The standard InChI is InChI=1S/C12H12N2O5S2/c1-18-6(15)4-5-7-9(16)13-12(20-3)14-10(7)21-8(5)11(17)19-2/h4H2,1-3H3,(H,13,14,16). The molecule has 0 aromatic carbocycles. The van der Waals surface area contributed by atoms with Crippen molar-refractivity contribution in [2.45, 2.75) is 11.6 Å². The number of thiophene rings is 1. The zero-order valence-electron chi connectivity index (χ0n) is 11.5. The van der Waals surface area contributed by atoms with Gasteiger partial charge >= 0.3 is 11.9 Å². The number of carbonyl (C=O) groups is 2. The highest BCUT2D eigenvalue weighted by molar-refractivity contribution is 7.98. The number of ether oxygens (including phenoxy) is 2. The van der Waals surface area contributed by atoms with Crippen molar-refractivity contribution in [1.29, 1.82) is 0 Å². The van der Waals surface area contributed by atoms with Crippen molar-refractivity contribution in [3.63, 3.8) is 0 Å². The van der Waals surface area contributed by atoms with E-state index in [-0.39, 0.29) is 22.2 Å². The molecule has 0 aliphatic carbocycles. The van der Waals surface area contributed by atoms with E-state index in [1.54, 1.807) is 6.26 Å². The van der Waals surface area contributed by atoms with Gasteiger partial charge in [-0.1, -0.05) is 11.8 Å². The Hall–Kier alpha value is -1.87. The molecule has 0 radical (unpaired) electrons. The molecule has 0 bridgehead atoms. The van der Waals surface area contributed by atoms with Crippen LogP contribution in [-0.4, -0.2) is 42.4 Å². The molecule has 0 atom stereocenters. The van der Waals surface area contributed by atoms with E-state index >= 15 is 0 Å². The number of thioether (sulfide) groups is 1. The van der Waals surface area contributed by atoms with Crippen LogP contribution in [0, 0.1) is 0 Å². The molecule has 2 aromatic heterocycles. The molecule has 0 amide bonds. The normalized spacial score (nSPS) is 10.6. The van der Waals surface area contributed by atoms with Gasteiger partial charge in [0.25, 0.3) is 5.56 Å². The SMILES string of the molecule is COC(=O)Cc1c(C(=O)OC)sc2nc(SC)[nH]c(=O)c12. The molecule has 112 valence electrons. The molecule has 9 heteroatoms. The fourth-order valence-corrected chi connectivity index (χ4v) is 3.33. The van der Waals surface area contributed by atoms with Gasteiger partial charge in [0.1, 0.15) is 9.71 Å². The number of aromatic nitrogens is 2. The minimum atomic E-state index is -0.609. The van der Waals surface area contributed by atoms with E-state index in [2.05, 4.69) is 14.7 Å². The van der Waals surface area contributed by atoms with Gasteiger partial charge in [-0.05, 0) is 6.26 Å². The van der Waals surface area contributed by atoms with Gasteiger partial charge in [0.2, 0.25) is 0 Å². The molecule has 2 heterocycles. The molecule has 0 saturated heterocycles. The number of aromatic amines is 1. The Morgan fingerprint density at radius 2 is 2.05 bits per heavy atom. The summed E-state index contributed by atoms with van der Waals surface area (Å²) in [6, 6.07) is 0. The minimum Gasteiger partial charge on any atom is -0.469 e. The number of hydrogen-bond donors (Lipinski definition) is 1. The van der Waals surface area contributed by atoms with Gasteiger partial charge in [-0.3, -0.25) is 9.59 Å². The molecule has 1 N–H and O–H groups in total. The fraction of sp³-hybridized carbons (Fsp3) is 0.333. The first kappa shape index (κ1) is 15.5. The molecule has 7 nitrogen and oxygen atoms in total. The second kappa shape index (κ2) is 6.27. The van der Waals surface area contributed by atoms with Crippen molar-refractivity contribution in [3.8, 4) is 0 Å². The van der Waals surface area contributed by atoms with Gasteiger partial charge < -0.3 is 14.5 Å². The van der Waals surface area contributed by atoms with Crippen molar-refractivity contribution >= 4 is 45.3 Å². The van der Waals surface area contributed by atoms with E-state index in [0.717, 1.165) is 11.3 Å². The van der Waals surface area contributed by atoms with Gasteiger partial charge in [-0.15, -0.1) is 11.3 Å². The molecule has 0 aliphatic heterocycles. The summed E-state index contributed by atoms with van der Waals surface area (Å²) in [6.07, 6.45) is 1.58. The van der Waals surface area contributed by atoms with E-state index in [1.807, 2.05) is 0 Å². The Bertz CT molecular complexity index is 765. The molecule has 0 spiro atoms. The summed E-state index contributed by atoms with van der Waals surface area (Å²) in [4.78, 5) is 42.9. The molecule has 21 heavy (non-hydrogen) atoms.